The van der Waals surface area contributed by atoms with Crippen LogP contribution in [0, 0.1) is 5.92 Å². The van der Waals surface area contributed by atoms with E-state index in [4.69, 9.17) is 0 Å². The minimum Gasteiger partial charge on any atom is -0.310 e. The first-order valence-electron chi connectivity index (χ1n) is 7.41. The summed E-state index contributed by atoms with van der Waals surface area (Å²) in [7, 11) is -2.88. The Bertz CT molecular complexity index is 366. The van der Waals surface area contributed by atoms with Crippen molar-refractivity contribution in [2.24, 2.45) is 5.92 Å². The highest BCUT2D eigenvalue weighted by molar-refractivity contribution is 7.91. The minimum atomic E-state index is -2.88. The minimum absolute atomic E-state index is 0.141. The second kappa shape index (κ2) is 5.91. The van der Waals surface area contributed by atoms with Crippen molar-refractivity contribution >= 4 is 9.84 Å². The van der Waals surface area contributed by atoms with Gasteiger partial charge in [-0.25, -0.2) is 8.42 Å². The molecule has 4 unspecified atom stereocenters. The molecule has 0 spiro atoms. The zero-order valence-corrected chi connectivity index (χ0v) is 12.5. The highest BCUT2D eigenvalue weighted by Crippen LogP contribution is 2.28. The van der Waals surface area contributed by atoms with Crippen molar-refractivity contribution in [1.29, 1.82) is 0 Å². The van der Waals surface area contributed by atoms with Gasteiger partial charge in [0.2, 0.25) is 0 Å². The zero-order chi connectivity index (χ0) is 13.2. The average molecular weight is 273 g/mol. The van der Waals surface area contributed by atoms with Crippen LogP contribution in [-0.2, 0) is 9.84 Å². The van der Waals surface area contributed by atoms with Crippen LogP contribution >= 0.6 is 0 Å². The Morgan fingerprint density at radius 3 is 2.39 bits per heavy atom. The van der Waals surface area contributed by atoms with Crippen molar-refractivity contribution in [2.75, 3.05) is 6.26 Å². The number of nitrogens with one attached hydrogen (secondary N) is 1. The summed E-state index contributed by atoms with van der Waals surface area (Å²) in [4.78, 5) is 0. The van der Waals surface area contributed by atoms with Crippen LogP contribution in [0.2, 0.25) is 0 Å². The van der Waals surface area contributed by atoms with Gasteiger partial charge in [0, 0.05) is 18.3 Å². The predicted octanol–water partition coefficient (Wildman–Crippen LogP) is 2.51. The van der Waals surface area contributed by atoms with Gasteiger partial charge in [-0.05, 0) is 38.0 Å². The molecule has 0 amide bonds. The summed E-state index contributed by atoms with van der Waals surface area (Å²) in [6.45, 7) is 2.33. The maximum absolute atomic E-state index is 11.8. The quantitative estimate of drug-likeness (QED) is 0.804. The van der Waals surface area contributed by atoms with Gasteiger partial charge in [0.1, 0.15) is 0 Å². The van der Waals surface area contributed by atoms with Crippen LogP contribution in [0.25, 0.3) is 0 Å². The van der Waals surface area contributed by atoms with Crippen molar-refractivity contribution in [2.45, 2.75) is 75.6 Å². The van der Waals surface area contributed by atoms with Crippen molar-refractivity contribution in [3.8, 4) is 0 Å². The molecule has 0 aromatic carbocycles. The summed E-state index contributed by atoms with van der Waals surface area (Å²) < 4.78 is 23.5. The maximum atomic E-state index is 11.8. The molecule has 0 radical (unpaired) electrons. The third-order valence-electron chi connectivity index (χ3n) is 4.71. The van der Waals surface area contributed by atoms with Gasteiger partial charge in [-0.2, -0.15) is 0 Å². The first-order chi connectivity index (χ1) is 8.47. The molecular formula is C14H27NO2S. The summed E-state index contributed by atoms with van der Waals surface area (Å²) in [5.41, 5.74) is 0. The van der Waals surface area contributed by atoms with Crippen LogP contribution in [0.3, 0.4) is 0 Å². The Morgan fingerprint density at radius 2 is 1.67 bits per heavy atom. The molecule has 18 heavy (non-hydrogen) atoms. The molecule has 2 aliphatic carbocycles. The van der Waals surface area contributed by atoms with Crippen LogP contribution in [0.15, 0.2) is 0 Å². The summed E-state index contributed by atoms with van der Waals surface area (Å²) in [5, 5.41) is 3.52. The van der Waals surface area contributed by atoms with Crippen LogP contribution in [0.1, 0.15) is 58.3 Å². The second-order valence-corrected chi connectivity index (χ2v) is 8.65. The molecule has 2 rings (SSSR count). The fraction of sp³-hybridized carbons (Fsp3) is 1.00. The molecule has 0 aromatic rings. The van der Waals surface area contributed by atoms with Gasteiger partial charge >= 0.3 is 0 Å². The summed E-state index contributed by atoms with van der Waals surface area (Å²) >= 11 is 0. The van der Waals surface area contributed by atoms with Crippen molar-refractivity contribution < 1.29 is 8.42 Å². The average Bonchev–Trinajstić information content (AvgIpc) is 2.64. The van der Waals surface area contributed by atoms with Gasteiger partial charge in [-0.15, -0.1) is 0 Å². The predicted molar refractivity (Wildman–Crippen MR) is 75.4 cm³/mol. The molecule has 2 fully saturated rings. The highest BCUT2D eigenvalue weighted by atomic mass is 32.2. The van der Waals surface area contributed by atoms with Crippen LogP contribution in [0.5, 0.6) is 0 Å². The fourth-order valence-corrected chi connectivity index (χ4v) is 4.99. The van der Waals surface area contributed by atoms with E-state index >= 15 is 0 Å². The smallest absolute Gasteiger partial charge is 0.151 e. The fourth-order valence-electron chi connectivity index (χ4n) is 3.59. The van der Waals surface area contributed by atoms with Crippen LogP contribution in [0.4, 0.5) is 0 Å². The molecule has 0 bridgehead atoms. The summed E-state index contributed by atoms with van der Waals surface area (Å²) in [5.74, 6) is 0.839. The van der Waals surface area contributed by atoms with Gasteiger partial charge in [0.25, 0.3) is 0 Å². The van der Waals surface area contributed by atoms with Crippen molar-refractivity contribution in [3.63, 3.8) is 0 Å². The Kier molecular flexibility index (Phi) is 4.70. The first kappa shape index (κ1) is 14.3. The molecule has 0 heterocycles. The lowest BCUT2D eigenvalue weighted by molar-refractivity contribution is 0.390. The lowest BCUT2D eigenvalue weighted by Gasteiger charge is -2.25. The lowest BCUT2D eigenvalue weighted by Crippen LogP contribution is -2.45. The highest BCUT2D eigenvalue weighted by Gasteiger charge is 2.35. The lowest BCUT2D eigenvalue weighted by atomic mass is 10.0. The Labute approximate surface area is 112 Å². The van der Waals surface area contributed by atoms with E-state index in [1.165, 1.54) is 38.4 Å². The second-order valence-electron chi connectivity index (χ2n) is 6.38. The summed E-state index contributed by atoms with van der Waals surface area (Å²) in [6.07, 6.45) is 10.7. The summed E-state index contributed by atoms with van der Waals surface area (Å²) in [6, 6.07) is 0.751. The largest absolute Gasteiger partial charge is 0.310 e. The van der Waals surface area contributed by atoms with E-state index in [1.54, 1.807) is 0 Å². The molecule has 2 aliphatic rings. The topological polar surface area (TPSA) is 46.2 Å². The number of hydrogen-bond acceptors (Lipinski definition) is 3. The molecule has 0 aliphatic heterocycles. The van der Waals surface area contributed by atoms with E-state index in [9.17, 15) is 8.42 Å². The van der Waals surface area contributed by atoms with Crippen molar-refractivity contribution in [1.82, 2.24) is 5.32 Å². The Morgan fingerprint density at radius 1 is 0.944 bits per heavy atom. The van der Waals surface area contributed by atoms with Gasteiger partial charge in [0.15, 0.2) is 9.84 Å². The van der Waals surface area contributed by atoms with Gasteiger partial charge in [-0.3, -0.25) is 0 Å². The van der Waals surface area contributed by atoms with E-state index in [2.05, 4.69) is 12.2 Å². The molecule has 4 atom stereocenters. The molecule has 106 valence electrons. The van der Waals surface area contributed by atoms with E-state index in [-0.39, 0.29) is 11.3 Å². The maximum Gasteiger partial charge on any atom is 0.151 e. The molecule has 1 N–H and O–H groups in total. The SMILES string of the molecule is CC1CCCC(NC2CCCC2S(C)(=O)=O)CC1. The Hall–Kier alpha value is -0.0900. The van der Waals surface area contributed by atoms with Gasteiger partial charge < -0.3 is 5.32 Å². The first-order valence-corrected chi connectivity index (χ1v) is 9.37. The normalized spacial score (nSPS) is 38.6. The van der Waals surface area contributed by atoms with Crippen molar-refractivity contribution in [3.05, 3.63) is 0 Å². The van der Waals surface area contributed by atoms with Gasteiger partial charge in [-0.1, -0.05) is 26.2 Å². The Balaban J connectivity index is 1.92. The van der Waals surface area contributed by atoms with E-state index in [0.717, 1.165) is 25.2 Å². The number of sulfone groups is 1. The van der Waals surface area contributed by atoms with Gasteiger partial charge in [0.05, 0.1) is 5.25 Å². The monoisotopic (exact) mass is 273 g/mol. The third-order valence-corrected chi connectivity index (χ3v) is 6.37. The van der Waals surface area contributed by atoms with E-state index < -0.39 is 9.84 Å². The third kappa shape index (κ3) is 3.70. The van der Waals surface area contributed by atoms with Crippen LogP contribution < -0.4 is 5.32 Å². The molecule has 2 saturated carbocycles. The molecule has 4 heteroatoms. The number of hydrogen-bond donors (Lipinski definition) is 1. The molecule has 3 nitrogen and oxygen atoms in total. The van der Waals surface area contributed by atoms with E-state index in [0.29, 0.717) is 6.04 Å². The van der Waals surface area contributed by atoms with Crippen LogP contribution in [-0.4, -0.2) is 32.0 Å². The molecule has 0 aromatic heterocycles. The zero-order valence-electron chi connectivity index (χ0n) is 11.7. The standard InChI is InChI=1S/C14H27NO2S/c1-11-5-3-6-12(10-9-11)15-13-7-4-8-14(13)18(2,16)17/h11-15H,3-10H2,1-2H3. The molecule has 0 saturated heterocycles. The number of rotatable bonds is 3. The van der Waals surface area contributed by atoms with E-state index in [1.807, 2.05) is 0 Å². The molecular weight excluding hydrogens is 246 g/mol.